The lowest BCUT2D eigenvalue weighted by molar-refractivity contribution is 0.191. The van der Waals surface area contributed by atoms with Gasteiger partial charge in [0.2, 0.25) is 0 Å². The molecular formula is C17H27ClN2. The molecule has 1 aromatic rings. The number of piperidine rings is 1. The van der Waals surface area contributed by atoms with Crippen LogP contribution in [-0.4, -0.2) is 37.1 Å². The highest BCUT2D eigenvalue weighted by Crippen LogP contribution is 2.15. The Morgan fingerprint density at radius 3 is 2.55 bits per heavy atom. The number of nitrogens with one attached hydrogen (secondary N) is 1. The molecule has 3 heteroatoms. The van der Waals surface area contributed by atoms with Gasteiger partial charge in [0, 0.05) is 24.2 Å². The fourth-order valence-electron chi connectivity index (χ4n) is 2.80. The van der Waals surface area contributed by atoms with Gasteiger partial charge >= 0.3 is 0 Å². The number of hydrogen-bond donors (Lipinski definition) is 1. The van der Waals surface area contributed by atoms with E-state index in [0.717, 1.165) is 23.9 Å². The monoisotopic (exact) mass is 294 g/mol. The van der Waals surface area contributed by atoms with Crippen molar-refractivity contribution < 1.29 is 0 Å². The maximum atomic E-state index is 5.91. The Kier molecular flexibility index (Phi) is 6.34. The van der Waals surface area contributed by atoms with Crippen molar-refractivity contribution in [2.75, 3.05) is 26.2 Å². The molecule has 20 heavy (non-hydrogen) atoms. The molecule has 1 saturated heterocycles. The van der Waals surface area contributed by atoms with Crippen molar-refractivity contribution in [2.24, 2.45) is 5.92 Å². The SMILES string of the molecule is CC1CCN(CCNC(C)Cc2ccc(Cl)cc2)CC1. The van der Waals surface area contributed by atoms with Crippen molar-refractivity contribution >= 4 is 11.6 Å². The number of likely N-dealkylation sites (tertiary alicyclic amines) is 1. The normalized spacial score (nSPS) is 19.1. The largest absolute Gasteiger partial charge is 0.313 e. The Hall–Kier alpha value is -0.570. The average molecular weight is 295 g/mol. The highest BCUT2D eigenvalue weighted by atomic mass is 35.5. The summed E-state index contributed by atoms with van der Waals surface area (Å²) in [6.07, 6.45) is 3.79. The summed E-state index contributed by atoms with van der Waals surface area (Å²) >= 11 is 5.91. The van der Waals surface area contributed by atoms with Gasteiger partial charge < -0.3 is 10.2 Å². The van der Waals surface area contributed by atoms with E-state index in [1.165, 1.54) is 38.0 Å². The summed E-state index contributed by atoms with van der Waals surface area (Å²) in [5, 5.41) is 4.44. The van der Waals surface area contributed by atoms with Crippen molar-refractivity contribution in [3.8, 4) is 0 Å². The van der Waals surface area contributed by atoms with E-state index >= 15 is 0 Å². The summed E-state index contributed by atoms with van der Waals surface area (Å²) in [5.41, 5.74) is 1.35. The summed E-state index contributed by atoms with van der Waals surface area (Å²) in [7, 11) is 0. The summed E-state index contributed by atoms with van der Waals surface area (Å²) in [6, 6.07) is 8.69. The molecule has 0 aliphatic carbocycles. The molecule has 1 unspecified atom stereocenters. The highest BCUT2D eigenvalue weighted by molar-refractivity contribution is 6.30. The quantitative estimate of drug-likeness (QED) is 0.862. The smallest absolute Gasteiger partial charge is 0.0406 e. The van der Waals surface area contributed by atoms with Crippen LogP contribution in [0.25, 0.3) is 0 Å². The minimum Gasteiger partial charge on any atom is -0.313 e. The Morgan fingerprint density at radius 1 is 1.25 bits per heavy atom. The molecule has 1 atom stereocenters. The first kappa shape index (κ1) is 15.8. The van der Waals surface area contributed by atoms with Crippen molar-refractivity contribution in [3.63, 3.8) is 0 Å². The van der Waals surface area contributed by atoms with E-state index in [1.54, 1.807) is 0 Å². The summed E-state index contributed by atoms with van der Waals surface area (Å²) in [4.78, 5) is 2.59. The van der Waals surface area contributed by atoms with E-state index in [-0.39, 0.29) is 0 Å². The number of rotatable bonds is 6. The van der Waals surface area contributed by atoms with Crippen molar-refractivity contribution in [2.45, 2.75) is 39.2 Å². The van der Waals surface area contributed by atoms with Crippen LogP contribution in [0.2, 0.25) is 5.02 Å². The highest BCUT2D eigenvalue weighted by Gasteiger charge is 2.15. The Balaban J connectivity index is 1.62. The molecule has 0 radical (unpaired) electrons. The summed E-state index contributed by atoms with van der Waals surface area (Å²) in [6.45, 7) is 9.43. The molecule has 0 aromatic heterocycles. The number of halogens is 1. The molecule has 1 N–H and O–H groups in total. The third kappa shape index (κ3) is 5.43. The zero-order chi connectivity index (χ0) is 14.4. The van der Waals surface area contributed by atoms with Gasteiger partial charge in [-0.25, -0.2) is 0 Å². The molecule has 0 bridgehead atoms. The number of nitrogens with zero attached hydrogens (tertiary/aromatic N) is 1. The van der Waals surface area contributed by atoms with Gasteiger partial charge in [-0.05, 0) is 62.9 Å². The van der Waals surface area contributed by atoms with Crippen LogP contribution in [0.1, 0.15) is 32.3 Å². The standard InChI is InChI=1S/C17H27ClN2/c1-14-7-10-20(11-8-14)12-9-19-15(2)13-16-3-5-17(18)6-4-16/h3-6,14-15,19H,7-13H2,1-2H3. The number of hydrogen-bond acceptors (Lipinski definition) is 2. The van der Waals surface area contributed by atoms with E-state index in [4.69, 9.17) is 11.6 Å². The van der Waals surface area contributed by atoms with Gasteiger partial charge in [-0.3, -0.25) is 0 Å². The fourth-order valence-corrected chi connectivity index (χ4v) is 2.93. The van der Waals surface area contributed by atoms with Crippen LogP contribution < -0.4 is 5.32 Å². The van der Waals surface area contributed by atoms with E-state index < -0.39 is 0 Å². The molecule has 1 fully saturated rings. The molecule has 2 nitrogen and oxygen atoms in total. The second kappa shape index (κ2) is 8.02. The lowest BCUT2D eigenvalue weighted by Crippen LogP contribution is -2.40. The third-order valence-corrected chi connectivity index (χ3v) is 4.50. The Bertz CT molecular complexity index is 382. The zero-order valence-corrected chi connectivity index (χ0v) is 13.5. The lowest BCUT2D eigenvalue weighted by Gasteiger charge is -2.30. The third-order valence-electron chi connectivity index (χ3n) is 4.25. The average Bonchev–Trinajstić information content (AvgIpc) is 2.44. The van der Waals surface area contributed by atoms with E-state index in [2.05, 4.69) is 36.2 Å². The van der Waals surface area contributed by atoms with Crippen LogP contribution >= 0.6 is 11.6 Å². The van der Waals surface area contributed by atoms with E-state index in [9.17, 15) is 0 Å². The predicted octanol–water partition coefficient (Wildman–Crippen LogP) is 3.59. The summed E-state index contributed by atoms with van der Waals surface area (Å²) < 4.78 is 0. The fraction of sp³-hybridized carbons (Fsp3) is 0.647. The lowest BCUT2D eigenvalue weighted by atomic mass is 9.99. The molecule has 112 valence electrons. The Morgan fingerprint density at radius 2 is 1.90 bits per heavy atom. The van der Waals surface area contributed by atoms with E-state index in [0.29, 0.717) is 6.04 Å². The molecule has 0 spiro atoms. The first-order valence-corrected chi connectivity index (χ1v) is 8.21. The van der Waals surface area contributed by atoms with Gasteiger partial charge in [0.15, 0.2) is 0 Å². The Labute approximate surface area is 128 Å². The topological polar surface area (TPSA) is 15.3 Å². The van der Waals surface area contributed by atoms with Gasteiger partial charge in [-0.2, -0.15) is 0 Å². The molecule has 1 aliphatic rings. The van der Waals surface area contributed by atoms with Gasteiger partial charge in [0.05, 0.1) is 0 Å². The molecular weight excluding hydrogens is 268 g/mol. The molecule has 1 aliphatic heterocycles. The molecule has 1 aromatic carbocycles. The second-order valence-corrected chi connectivity index (χ2v) is 6.65. The van der Waals surface area contributed by atoms with Gasteiger partial charge in [-0.15, -0.1) is 0 Å². The number of benzene rings is 1. The van der Waals surface area contributed by atoms with Crippen LogP contribution in [0.15, 0.2) is 24.3 Å². The van der Waals surface area contributed by atoms with Crippen LogP contribution in [0.5, 0.6) is 0 Å². The van der Waals surface area contributed by atoms with Crippen LogP contribution in [0.4, 0.5) is 0 Å². The zero-order valence-electron chi connectivity index (χ0n) is 12.7. The minimum absolute atomic E-state index is 0.514. The van der Waals surface area contributed by atoms with Crippen molar-refractivity contribution in [3.05, 3.63) is 34.9 Å². The molecule has 1 heterocycles. The molecule has 0 amide bonds. The molecule has 0 saturated carbocycles. The van der Waals surface area contributed by atoms with Crippen molar-refractivity contribution in [1.29, 1.82) is 0 Å². The van der Waals surface area contributed by atoms with Crippen LogP contribution in [0, 0.1) is 5.92 Å². The van der Waals surface area contributed by atoms with Gasteiger partial charge in [-0.1, -0.05) is 30.7 Å². The second-order valence-electron chi connectivity index (χ2n) is 6.21. The first-order valence-electron chi connectivity index (χ1n) is 7.83. The molecule has 2 rings (SSSR count). The first-order chi connectivity index (χ1) is 9.63. The van der Waals surface area contributed by atoms with Crippen LogP contribution in [-0.2, 0) is 6.42 Å². The maximum absolute atomic E-state index is 5.91. The summed E-state index contributed by atoms with van der Waals surface area (Å²) in [5.74, 6) is 0.919. The van der Waals surface area contributed by atoms with Gasteiger partial charge in [0.1, 0.15) is 0 Å². The van der Waals surface area contributed by atoms with Gasteiger partial charge in [0.25, 0.3) is 0 Å². The van der Waals surface area contributed by atoms with Crippen molar-refractivity contribution in [1.82, 2.24) is 10.2 Å². The van der Waals surface area contributed by atoms with Crippen LogP contribution in [0.3, 0.4) is 0 Å². The van der Waals surface area contributed by atoms with E-state index in [1.807, 2.05) is 12.1 Å². The maximum Gasteiger partial charge on any atom is 0.0406 e. The minimum atomic E-state index is 0.514. The predicted molar refractivity (Wildman–Crippen MR) is 87.5 cm³/mol.